The number of fused-ring (bicyclic) bond motifs is 1. The van der Waals surface area contributed by atoms with Crippen molar-refractivity contribution in [3.05, 3.63) is 78.4 Å². The van der Waals surface area contributed by atoms with Gasteiger partial charge in [0.2, 0.25) is 0 Å². The fourth-order valence-corrected chi connectivity index (χ4v) is 3.78. The molecule has 0 aliphatic rings. The van der Waals surface area contributed by atoms with E-state index >= 15 is 0 Å². The van der Waals surface area contributed by atoms with E-state index in [-0.39, 0.29) is 0 Å². The summed E-state index contributed by atoms with van der Waals surface area (Å²) in [5, 5.41) is 4.63. The molecular weight excluding hydrogens is 385 g/mol. The Bertz CT molecular complexity index is 975. The maximum atomic E-state index is 12.5. The van der Waals surface area contributed by atoms with Crippen LogP contribution in [-0.2, 0) is 20.4 Å². The molecule has 5 nitrogen and oxygen atoms in total. The zero-order valence-electron chi connectivity index (χ0n) is 14.7. The highest BCUT2D eigenvalue weighted by molar-refractivity contribution is 7.82. The molecule has 0 spiro atoms. The van der Waals surface area contributed by atoms with Crippen LogP contribution in [0.4, 0.5) is 0 Å². The van der Waals surface area contributed by atoms with Crippen molar-refractivity contribution in [1.29, 1.82) is 0 Å². The van der Waals surface area contributed by atoms with E-state index in [9.17, 15) is 9.36 Å². The summed E-state index contributed by atoms with van der Waals surface area (Å²) < 4.78 is 22.8. The largest absolute Gasteiger partial charge is 0.532 e. The topological polar surface area (TPSA) is 64.6 Å². The van der Waals surface area contributed by atoms with Crippen LogP contribution in [0, 0.1) is 0 Å². The molecule has 0 amide bonds. The summed E-state index contributed by atoms with van der Waals surface area (Å²) >= 11 is 5.89. The van der Waals surface area contributed by atoms with E-state index in [0.29, 0.717) is 12.3 Å². The molecular formula is C20H19ClNO4P. The number of carbonyl (C=O) groups is 1. The molecule has 0 bridgehead atoms. The van der Waals surface area contributed by atoms with Crippen molar-refractivity contribution < 1.29 is 18.4 Å². The van der Waals surface area contributed by atoms with Crippen molar-refractivity contribution in [2.75, 3.05) is 0 Å². The highest BCUT2D eigenvalue weighted by Gasteiger charge is 2.30. The maximum absolute atomic E-state index is 12.5. The van der Waals surface area contributed by atoms with Crippen LogP contribution in [0.3, 0.4) is 0 Å². The molecule has 0 radical (unpaired) electrons. The van der Waals surface area contributed by atoms with E-state index in [0.717, 1.165) is 16.3 Å². The Labute approximate surface area is 162 Å². The molecule has 2 atom stereocenters. The van der Waals surface area contributed by atoms with Gasteiger partial charge < -0.3 is 14.4 Å². The second-order valence-corrected chi connectivity index (χ2v) is 8.47. The van der Waals surface area contributed by atoms with E-state index in [4.69, 9.17) is 20.3 Å². The summed E-state index contributed by atoms with van der Waals surface area (Å²) in [7, 11) is 0. The molecule has 0 heterocycles. The lowest BCUT2D eigenvalue weighted by molar-refractivity contribution is -0.136. The molecule has 27 heavy (non-hydrogen) atoms. The molecule has 3 aromatic rings. The Morgan fingerprint density at radius 2 is 1.70 bits per heavy atom. The van der Waals surface area contributed by atoms with Crippen molar-refractivity contribution in [2.45, 2.75) is 19.5 Å². The molecule has 7 heteroatoms. The summed E-state index contributed by atoms with van der Waals surface area (Å²) in [6, 6.07) is 21.6. The molecule has 0 saturated carbocycles. The number of hydrogen-bond acceptors (Lipinski definition) is 5. The predicted octanol–water partition coefficient (Wildman–Crippen LogP) is 5.29. The van der Waals surface area contributed by atoms with E-state index in [1.165, 1.54) is 0 Å². The van der Waals surface area contributed by atoms with E-state index < -0.39 is 19.0 Å². The molecule has 3 rings (SSSR count). The highest BCUT2D eigenvalue weighted by Crippen LogP contribution is 2.54. The number of benzene rings is 3. The molecule has 1 N–H and O–H groups in total. The SMILES string of the molecule is C[C@H](NCc1ccccc1)C(=O)OP(=O)(Cl)Oc1cccc2ccccc12. The van der Waals surface area contributed by atoms with Crippen LogP contribution < -0.4 is 9.84 Å². The second-order valence-electron chi connectivity index (χ2n) is 6.00. The zero-order chi connectivity index (χ0) is 19.3. The molecule has 0 saturated heterocycles. The highest BCUT2D eigenvalue weighted by atomic mass is 35.7. The van der Waals surface area contributed by atoms with Crippen molar-refractivity contribution in [3.8, 4) is 5.75 Å². The van der Waals surface area contributed by atoms with Gasteiger partial charge in [0.05, 0.1) is 0 Å². The maximum Gasteiger partial charge on any atom is 0.532 e. The predicted molar refractivity (Wildman–Crippen MR) is 107 cm³/mol. The van der Waals surface area contributed by atoms with Gasteiger partial charge >= 0.3 is 12.9 Å². The van der Waals surface area contributed by atoms with Crippen LogP contribution in [0.5, 0.6) is 5.75 Å². The first-order chi connectivity index (χ1) is 12.9. The molecule has 0 aromatic heterocycles. The monoisotopic (exact) mass is 403 g/mol. The Morgan fingerprint density at radius 3 is 2.48 bits per heavy atom. The van der Waals surface area contributed by atoms with Crippen molar-refractivity contribution in [3.63, 3.8) is 0 Å². The van der Waals surface area contributed by atoms with Crippen LogP contribution in [0.25, 0.3) is 10.8 Å². The van der Waals surface area contributed by atoms with Gasteiger partial charge in [-0.25, -0.2) is 9.36 Å². The lowest BCUT2D eigenvalue weighted by Crippen LogP contribution is -2.34. The molecule has 0 aliphatic carbocycles. The van der Waals surface area contributed by atoms with Gasteiger partial charge in [0, 0.05) is 23.2 Å². The lowest BCUT2D eigenvalue weighted by Gasteiger charge is -2.17. The number of carbonyl (C=O) groups excluding carboxylic acids is 1. The number of halogens is 1. The standard InChI is InChI=1S/C20H19ClNO4P/c1-15(22-14-16-8-3-2-4-9-16)20(23)26-27(21,24)25-19-13-7-11-17-10-5-6-12-18(17)19/h2-13,15,22H,14H2,1H3/t15-,27?/m0/s1. The van der Waals surface area contributed by atoms with Crippen molar-refractivity contribution in [2.24, 2.45) is 0 Å². The van der Waals surface area contributed by atoms with Crippen LogP contribution >= 0.6 is 18.2 Å². The summed E-state index contributed by atoms with van der Waals surface area (Å²) in [6.07, 6.45) is 0. The fraction of sp³-hybridized carbons (Fsp3) is 0.150. The quantitative estimate of drug-likeness (QED) is 0.543. The van der Waals surface area contributed by atoms with Gasteiger partial charge in [-0.2, -0.15) is 0 Å². The van der Waals surface area contributed by atoms with Gasteiger partial charge in [0.15, 0.2) is 0 Å². The van der Waals surface area contributed by atoms with Crippen LogP contribution in [0.2, 0.25) is 0 Å². The number of hydrogen-bond donors (Lipinski definition) is 1. The zero-order valence-corrected chi connectivity index (χ0v) is 16.3. The lowest BCUT2D eigenvalue weighted by atomic mass is 10.1. The van der Waals surface area contributed by atoms with E-state index in [2.05, 4.69) is 5.32 Å². The van der Waals surface area contributed by atoms with Gasteiger partial charge in [-0.3, -0.25) is 0 Å². The molecule has 0 aliphatic heterocycles. The normalized spacial score (nSPS) is 14.3. The third-order valence-corrected chi connectivity index (χ3v) is 5.19. The van der Waals surface area contributed by atoms with E-state index in [1.54, 1.807) is 19.1 Å². The molecule has 0 fully saturated rings. The minimum Gasteiger partial charge on any atom is -0.404 e. The summed E-state index contributed by atoms with van der Waals surface area (Å²) in [5.74, 6) is -0.450. The fourth-order valence-electron chi connectivity index (χ4n) is 2.55. The van der Waals surface area contributed by atoms with Gasteiger partial charge in [-0.1, -0.05) is 66.7 Å². The summed E-state index contributed by atoms with van der Waals surface area (Å²) in [4.78, 5) is 12.2. The van der Waals surface area contributed by atoms with Crippen LogP contribution in [0.1, 0.15) is 12.5 Å². The minimum atomic E-state index is -4.14. The average Bonchev–Trinajstić information content (AvgIpc) is 2.66. The van der Waals surface area contributed by atoms with Gasteiger partial charge in [0.25, 0.3) is 0 Å². The van der Waals surface area contributed by atoms with Gasteiger partial charge in [-0.15, -0.1) is 0 Å². The first kappa shape index (κ1) is 19.4. The molecule has 3 aromatic carbocycles. The smallest absolute Gasteiger partial charge is 0.404 e. The van der Waals surface area contributed by atoms with Crippen molar-refractivity contribution >= 4 is 34.9 Å². The first-order valence-electron chi connectivity index (χ1n) is 8.42. The summed E-state index contributed by atoms with van der Waals surface area (Å²) in [5.41, 5.74) is 1.01. The Balaban J connectivity index is 1.63. The van der Waals surface area contributed by atoms with Gasteiger partial charge in [-0.05, 0) is 23.9 Å². The Kier molecular flexibility index (Phi) is 6.17. The number of nitrogens with one attached hydrogen (secondary N) is 1. The number of rotatable bonds is 7. The van der Waals surface area contributed by atoms with Crippen molar-refractivity contribution in [1.82, 2.24) is 5.32 Å². The third kappa shape index (κ3) is 5.33. The third-order valence-electron chi connectivity index (χ3n) is 3.96. The Morgan fingerprint density at radius 1 is 1.04 bits per heavy atom. The summed E-state index contributed by atoms with van der Waals surface area (Å²) in [6.45, 7) is -2.06. The van der Waals surface area contributed by atoms with Crippen LogP contribution in [0.15, 0.2) is 72.8 Å². The second kappa shape index (κ2) is 8.57. The average molecular weight is 404 g/mol. The molecule has 140 valence electrons. The van der Waals surface area contributed by atoms with Gasteiger partial charge in [0.1, 0.15) is 11.8 Å². The van der Waals surface area contributed by atoms with E-state index in [1.807, 2.05) is 60.7 Å². The molecule has 1 unspecified atom stereocenters. The Hall–Kier alpha value is -2.33. The van der Waals surface area contributed by atoms with Crippen LogP contribution in [-0.4, -0.2) is 12.0 Å². The first-order valence-corrected chi connectivity index (χ1v) is 10.9. The minimum absolute atomic E-state index is 0.295.